The summed E-state index contributed by atoms with van der Waals surface area (Å²) in [7, 11) is 1.48. The summed E-state index contributed by atoms with van der Waals surface area (Å²) in [4.78, 5) is 27.7. The second-order valence-corrected chi connectivity index (χ2v) is 7.17. The monoisotopic (exact) mass is 428 g/mol. The number of aromatic nitrogens is 1. The number of methoxy groups -OCH3 is 1. The first-order valence-electron chi connectivity index (χ1n) is 8.51. The number of rotatable bonds is 6. The fourth-order valence-corrected chi connectivity index (χ4v) is 3.28. The minimum absolute atomic E-state index is 0.315. The maximum Gasteiger partial charge on any atom is 0.308 e. The molecule has 0 fully saturated rings. The molecule has 0 aliphatic rings. The standard InChI is InChI=1S/C21H17ClN2O4S/c1-13(25)28-18-9-3-14(11-19(18)27-2)4-10-20(26)24-21-23-17(12-29-21)15-5-7-16(22)8-6-15/h3-12H,1-2H3,(H,23,24,26)/b10-4+. The smallest absolute Gasteiger partial charge is 0.308 e. The third kappa shape index (κ3) is 5.66. The molecule has 3 rings (SSSR count). The largest absolute Gasteiger partial charge is 0.493 e. The van der Waals surface area contributed by atoms with Crippen molar-refractivity contribution in [2.75, 3.05) is 12.4 Å². The first-order valence-corrected chi connectivity index (χ1v) is 9.77. The number of anilines is 1. The fraction of sp³-hybridized carbons (Fsp3) is 0.0952. The Hall–Kier alpha value is -3.16. The lowest BCUT2D eigenvalue weighted by Crippen LogP contribution is -2.07. The van der Waals surface area contributed by atoms with E-state index in [2.05, 4.69) is 10.3 Å². The predicted octanol–water partition coefficient (Wildman–Crippen LogP) is 5.05. The molecular weight excluding hydrogens is 412 g/mol. The van der Waals surface area contributed by atoms with Crippen LogP contribution in [0.5, 0.6) is 11.5 Å². The zero-order valence-electron chi connectivity index (χ0n) is 15.6. The van der Waals surface area contributed by atoms with Gasteiger partial charge >= 0.3 is 5.97 Å². The summed E-state index contributed by atoms with van der Waals surface area (Å²) in [6.07, 6.45) is 3.02. The second kappa shape index (κ2) is 9.36. The van der Waals surface area contributed by atoms with Gasteiger partial charge in [0.05, 0.1) is 12.8 Å². The first kappa shape index (κ1) is 20.6. The van der Waals surface area contributed by atoms with Crippen LogP contribution in [-0.2, 0) is 9.59 Å². The third-order valence-corrected chi connectivity index (χ3v) is 4.75. The van der Waals surface area contributed by atoms with Crippen molar-refractivity contribution in [2.45, 2.75) is 6.92 Å². The van der Waals surface area contributed by atoms with Crippen molar-refractivity contribution in [1.82, 2.24) is 4.98 Å². The van der Waals surface area contributed by atoms with Crippen LogP contribution in [0.3, 0.4) is 0 Å². The predicted molar refractivity (Wildman–Crippen MR) is 115 cm³/mol. The molecule has 0 atom stereocenters. The average molecular weight is 429 g/mol. The normalized spacial score (nSPS) is 10.7. The lowest BCUT2D eigenvalue weighted by molar-refractivity contribution is -0.132. The zero-order chi connectivity index (χ0) is 20.8. The highest BCUT2D eigenvalue weighted by Gasteiger charge is 2.09. The van der Waals surface area contributed by atoms with Crippen LogP contribution in [0.1, 0.15) is 12.5 Å². The molecule has 2 aromatic carbocycles. The molecule has 0 saturated carbocycles. The SMILES string of the molecule is COc1cc(/C=C/C(=O)Nc2nc(-c3ccc(Cl)cc3)cs2)ccc1OC(C)=O. The molecule has 6 nitrogen and oxygen atoms in total. The topological polar surface area (TPSA) is 77.5 Å². The van der Waals surface area contributed by atoms with Gasteiger partial charge in [-0.1, -0.05) is 29.8 Å². The first-order chi connectivity index (χ1) is 13.9. The van der Waals surface area contributed by atoms with Crippen molar-refractivity contribution in [3.63, 3.8) is 0 Å². The molecule has 0 spiro atoms. The Kier molecular flexibility index (Phi) is 6.64. The Morgan fingerprint density at radius 3 is 2.59 bits per heavy atom. The van der Waals surface area contributed by atoms with Gasteiger partial charge < -0.3 is 9.47 Å². The minimum Gasteiger partial charge on any atom is -0.493 e. The van der Waals surface area contributed by atoms with Crippen LogP contribution in [0, 0.1) is 0 Å². The summed E-state index contributed by atoms with van der Waals surface area (Å²) in [6, 6.07) is 12.3. The van der Waals surface area contributed by atoms with Gasteiger partial charge in [0.25, 0.3) is 0 Å². The van der Waals surface area contributed by atoms with Crippen molar-refractivity contribution in [2.24, 2.45) is 0 Å². The van der Waals surface area contributed by atoms with Gasteiger partial charge in [0.2, 0.25) is 5.91 Å². The summed E-state index contributed by atoms with van der Waals surface area (Å²) in [5, 5.41) is 5.74. The molecule has 3 aromatic rings. The molecule has 0 radical (unpaired) electrons. The van der Waals surface area contributed by atoms with Crippen molar-refractivity contribution in [3.05, 3.63) is 64.5 Å². The second-order valence-electron chi connectivity index (χ2n) is 5.87. The highest BCUT2D eigenvalue weighted by Crippen LogP contribution is 2.29. The molecule has 148 valence electrons. The van der Waals surface area contributed by atoms with Crippen LogP contribution in [0.2, 0.25) is 5.02 Å². The minimum atomic E-state index is -0.438. The average Bonchev–Trinajstić information content (AvgIpc) is 3.15. The summed E-state index contributed by atoms with van der Waals surface area (Å²) in [5.41, 5.74) is 2.40. The summed E-state index contributed by atoms with van der Waals surface area (Å²) < 4.78 is 10.3. The molecule has 8 heteroatoms. The molecule has 1 aromatic heterocycles. The van der Waals surface area contributed by atoms with Gasteiger partial charge in [0.15, 0.2) is 16.6 Å². The van der Waals surface area contributed by atoms with E-state index in [1.807, 2.05) is 17.5 Å². The number of nitrogens with zero attached hydrogens (tertiary/aromatic N) is 1. The Labute approximate surface area is 176 Å². The van der Waals surface area contributed by atoms with Crippen LogP contribution in [0.15, 0.2) is 53.9 Å². The zero-order valence-corrected chi connectivity index (χ0v) is 17.2. The molecule has 1 heterocycles. The molecular formula is C21H17ClN2O4S. The fourth-order valence-electron chi connectivity index (χ4n) is 2.43. The molecule has 0 aliphatic carbocycles. The van der Waals surface area contributed by atoms with Gasteiger partial charge in [-0.3, -0.25) is 14.9 Å². The number of esters is 1. The van der Waals surface area contributed by atoms with Crippen LogP contribution in [-0.4, -0.2) is 24.0 Å². The van der Waals surface area contributed by atoms with E-state index in [4.69, 9.17) is 21.1 Å². The molecule has 0 unspecified atom stereocenters. The number of carbonyl (C=O) groups excluding carboxylic acids is 2. The van der Waals surface area contributed by atoms with Crippen molar-refractivity contribution < 1.29 is 19.1 Å². The molecule has 1 N–H and O–H groups in total. The number of hydrogen-bond donors (Lipinski definition) is 1. The van der Waals surface area contributed by atoms with E-state index < -0.39 is 5.97 Å². The molecule has 0 aliphatic heterocycles. The van der Waals surface area contributed by atoms with Crippen LogP contribution >= 0.6 is 22.9 Å². The highest BCUT2D eigenvalue weighted by molar-refractivity contribution is 7.14. The third-order valence-electron chi connectivity index (χ3n) is 3.74. The molecule has 1 amide bonds. The number of nitrogens with one attached hydrogen (secondary N) is 1. The molecule has 29 heavy (non-hydrogen) atoms. The van der Waals surface area contributed by atoms with E-state index in [0.29, 0.717) is 27.2 Å². The van der Waals surface area contributed by atoms with Crippen LogP contribution in [0.4, 0.5) is 5.13 Å². The van der Waals surface area contributed by atoms with E-state index in [-0.39, 0.29) is 5.91 Å². The van der Waals surface area contributed by atoms with E-state index in [1.54, 1.807) is 36.4 Å². The number of amides is 1. The maximum atomic E-state index is 12.2. The van der Waals surface area contributed by atoms with Gasteiger partial charge in [0, 0.05) is 29.0 Å². The number of hydrogen-bond acceptors (Lipinski definition) is 6. The van der Waals surface area contributed by atoms with Gasteiger partial charge in [-0.2, -0.15) is 0 Å². The molecule has 0 saturated heterocycles. The molecule has 0 bridgehead atoms. The van der Waals surface area contributed by atoms with E-state index in [0.717, 1.165) is 11.3 Å². The summed E-state index contributed by atoms with van der Waals surface area (Å²) in [6.45, 7) is 1.31. The number of ether oxygens (including phenoxy) is 2. The van der Waals surface area contributed by atoms with Gasteiger partial charge in [-0.25, -0.2) is 4.98 Å². The number of thiazole rings is 1. The highest BCUT2D eigenvalue weighted by atomic mass is 35.5. The van der Waals surface area contributed by atoms with Crippen molar-refractivity contribution in [1.29, 1.82) is 0 Å². The van der Waals surface area contributed by atoms with Crippen molar-refractivity contribution in [3.8, 4) is 22.8 Å². The Balaban J connectivity index is 1.65. The van der Waals surface area contributed by atoms with E-state index in [9.17, 15) is 9.59 Å². The Bertz CT molecular complexity index is 1060. The van der Waals surface area contributed by atoms with E-state index in [1.165, 1.54) is 31.4 Å². The summed E-state index contributed by atoms with van der Waals surface area (Å²) >= 11 is 7.23. The lowest BCUT2D eigenvalue weighted by atomic mass is 10.2. The lowest BCUT2D eigenvalue weighted by Gasteiger charge is -2.08. The van der Waals surface area contributed by atoms with Gasteiger partial charge in [0.1, 0.15) is 0 Å². The van der Waals surface area contributed by atoms with Crippen LogP contribution in [0.25, 0.3) is 17.3 Å². The number of benzene rings is 2. The van der Waals surface area contributed by atoms with Crippen molar-refractivity contribution >= 4 is 46.0 Å². The van der Waals surface area contributed by atoms with Gasteiger partial charge in [-0.05, 0) is 35.9 Å². The van der Waals surface area contributed by atoms with E-state index >= 15 is 0 Å². The quantitative estimate of drug-likeness (QED) is 0.337. The summed E-state index contributed by atoms with van der Waals surface area (Å²) in [5.74, 6) is -0.0353. The number of halogens is 1. The van der Waals surface area contributed by atoms with Gasteiger partial charge in [-0.15, -0.1) is 11.3 Å². The number of carbonyl (C=O) groups is 2. The maximum absolute atomic E-state index is 12.2. The Morgan fingerprint density at radius 2 is 1.90 bits per heavy atom. The van der Waals surface area contributed by atoms with Crippen LogP contribution < -0.4 is 14.8 Å². The Morgan fingerprint density at radius 1 is 1.14 bits per heavy atom.